The molecule has 46 heavy (non-hydrogen) atoms. The Balaban J connectivity index is 1.49. The van der Waals surface area contributed by atoms with Crippen molar-refractivity contribution in [3.8, 4) is 0 Å². The molecule has 2 aliphatic heterocycles. The van der Waals surface area contributed by atoms with Gasteiger partial charge in [-0.1, -0.05) is 18.5 Å². The zero-order valence-electron chi connectivity index (χ0n) is 24.6. The van der Waals surface area contributed by atoms with Crippen molar-refractivity contribution in [2.75, 3.05) is 23.0 Å². The predicted octanol–water partition coefficient (Wildman–Crippen LogP) is 7.56. The van der Waals surface area contributed by atoms with E-state index in [2.05, 4.69) is 19.9 Å². The van der Waals surface area contributed by atoms with Crippen LogP contribution >= 0.6 is 23.2 Å². The van der Waals surface area contributed by atoms with E-state index in [0.29, 0.717) is 50.9 Å². The van der Waals surface area contributed by atoms with Crippen molar-refractivity contribution < 1.29 is 35.9 Å². The lowest BCUT2D eigenvalue weighted by Gasteiger charge is -2.30. The summed E-state index contributed by atoms with van der Waals surface area (Å²) in [6.07, 6.45) is -2.10. The fraction of sp³-hybridized carbons (Fsp3) is 0.500. The Morgan fingerprint density at radius 2 is 1.63 bits per heavy atom. The Morgan fingerprint density at radius 1 is 0.957 bits per heavy atom. The number of hydrogen-bond acceptors (Lipinski definition) is 8. The van der Waals surface area contributed by atoms with Crippen LogP contribution in [0.3, 0.4) is 0 Å². The molecule has 0 bridgehead atoms. The molecule has 2 saturated heterocycles. The summed E-state index contributed by atoms with van der Waals surface area (Å²) in [4.78, 5) is 32.4. The first-order valence-electron chi connectivity index (χ1n) is 14.7. The van der Waals surface area contributed by atoms with E-state index in [4.69, 9.17) is 27.9 Å². The first kappa shape index (κ1) is 34.0. The molecule has 0 spiro atoms. The standard InChI is InChI=1S/C30H30Cl2F6N6O2/c1-2-22-11-23(16-43(22)26-24(31)14-39-27(32)42-26)44(15-18-8-20(29(33,34)35)10-21(9-18)30(36,37)38)28-40-12-19(13-41-28)7-17-3-4-25(45)46-6-5-17/h8-10,12-14,17,22-23H,2-7,11,15-16H2,1H3. The van der Waals surface area contributed by atoms with Crippen LogP contribution < -0.4 is 9.80 Å². The first-order chi connectivity index (χ1) is 21.7. The highest BCUT2D eigenvalue weighted by atomic mass is 35.5. The molecule has 1 aromatic carbocycles. The van der Waals surface area contributed by atoms with Gasteiger partial charge in [0.05, 0.1) is 30.0 Å². The van der Waals surface area contributed by atoms with Crippen LogP contribution in [0.1, 0.15) is 61.3 Å². The van der Waals surface area contributed by atoms with Crippen molar-refractivity contribution in [1.29, 1.82) is 0 Å². The van der Waals surface area contributed by atoms with Gasteiger partial charge < -0.3 is 14.5 Å². The van der Waals surface area contributed by atoms with Crippen molar-refractivity contribution in [2.24, 2.45) is 5.92 Å². The minimum atomic E-state index is -4.99. The third kappa shape index (κ3) is 8.11. The lowest BCUT2D eigenvalue weighted by Crippen LogP contribution is -2.39. The van der Waals surface area contributed by atoms with Crippen LogP contribution in [0, 0.1) is 5.92 Å². The van der Waals surface area contributed by atoms with E-state index in [9.17, 15) is 31.1 Å². The van der Waals surface area contributed by atoms with Gasteiger partial charge in [-0.3, -0.25) is 4.79 Å². The molecule has 2 fully saturated rings. The number of nitrogens with zero attached hydrogens (tertiary/aromatic N) is 6. The molecule has 0 N–H and O–H groups in total. The molecule has 0 aliphatic carbocycles. The number of benzene rings is 1. The highest BCUT2D eigenvalue weighted by Crippen LogP contribution is 2.38. The Kier molecular flexibility index (Phi) is 10.2. The van der Waals surface area contributed by atoms with Crippen molar-refractivity contribution in [3.05, 3.63) is 69.3 Å². The summed E-state index contributed by atoms with van der Waals surface area (Å²) in [5.74, 6) is 0.440. The van der Waals surface area contributed by atoms with E-state index in [0.717, 1.165) is 17.7 Å². The first-order valence-corrected chi connectivity index (χ1v) is 15.4. The second-order valence-electron chi connectivity index (χ2n) is 11.5. The number of cyclic esters (lactones) is 1. The van der Waals surface area contributed by atoms with Gasteiger partial charge in [0.1, 0.15) is 5.02 Å². The van der Waals surface area contributed by atoms with Gasteiger partial charge in [0, 0.05) is 37.9 Å². The van der Waals surface area contributed by atoms with Gasteiger partial charge in [-0.15, -0.1) is 0 Å². The van der Waals surface area contributed by atoms with Gasteiger partial charge in [-0.25, -0.2) is 15.0 Å². The number of esters is 1. The lowest BCUT2D eigenvalue weighted by molar-refractivity contribution is -0.144. The third-order valence-corrected chi connectivity index (χ3v) is 8.74. The largest absolute Gasteiger partial charge is 0.466 e. The summed E-state index contributed by atoms with van der Waals surface area (Å²) in [6, 6.07) is 0.960. The summed E-state index contributed by atoms with van der Waals surface area (Å²) in [6.45, 7) is 2.20. The van der Waals surface area contributed by atoms with Crippen molar-refractivity contribution >= 4 is 40.9 Å². The van der Waals surface area contributed by atoms with Crippen LogP contribution in [-0.2, 0) is 34.8 Å². The molecule has 5 rings (SSSR count). The minimum Gasteiger partial charge on any atom is -0.466 e. The Hall–Kier alpha value is -3.39. The summed E-state index contributed by atoms with van der Waals surface area (Å²) in [7, 11) is 0. The quantitative estimate of drug-likeness (QED) is 0.136. The van der Waals surface area contributed by atoms with E-state index in [1.54, 1.807) is 17.3 Å². The monoisotopic (exact) mass is 690 g/mol. The van der Waals surface area contributed by atoms with Crippen LogP contribution in [0.15, 0.2) is 36.8 Å². The van der Waals surface area contributed by atoms with E-state index >= 15 is 0 Å². The number of carbonyl (C=O) groups excluding carboxylic acids is 1. The molecule has 3 aromatic rings. The maximum Gasteiger partial charge on any atom is 0.416 e. The van der Waals surface area contributed by atoms with Crippen molar-refractivity contribution in [3.63, 3.8) is 0 Å². The smallest absolute Gasteiger partial charge is 0.416 e. The molecule has 8 nitrogen and oxygen atoms in total. The molecular formula is C30H30Cl2F6N6O2. The normalized spacial score (nSPS) is 20.8. The molecule has 3 unspecified atom stereocenters. The Labute approximate surface area is 271 Å². The Bertz CT molecular complexity index is 1510. The molecule has 3 atom stereocenters. The van der Waals surface area contributed by atoms with Crippen molar-refractivity contribution in [2.45, 2.75) is 76.4 Å². The number of rotatable bonds is 8. The van der Waals surface area contributed by atoms with E-state index < -0.39 is 29.5 Å². The lowest BCUT2D eigenvalue weighted by atomic mass is 9.94. The maximum absolute atomic E-state index is 13.7. The highest BCUT2D eigenvalue weighted by Gasteiger charge is 2.40. The van der Waals surface area contributed by atoms with Gasteiger partial charge in [0.25, 0.3) is 0 Å². The van der Waals surface area contributed by atoms with Gasteiger partial charge >= 0.3 is 18.3 Å². The molecule has 4 heterocycles. The molecule has 2 aromatic heterocycles. The SMILES string of the molecule is CCC1CC(N(Cc2cc(C(F)(F)F)cc(C(F)(F)F)c2)c2ncc(CC3CCOC(=O)CC3)cn2)CN1c1nc(Cl)ncc1Cl. The second-order valence-corrected chi connectivity index (χ2v) is 12.2. The fourth-order valence-electron chi connectivity index (χ4n) is 5.99. The van der Waals surface area contributed by atoms with Gasteiger partial charge in [-0.2, -0.15) is 31.3 Å². The average molecular weight is 692 g/mol. The summed E-state index contributed by atoms with van der Waals surface area (Å²) >= 11 is 12.5. The predicted molar refractivity (Wildman–Crippen MR) is 159 cm³/mol. The number of halogens is 8. The number of aromatic nitrogens is 4. The van der Waals surface area contributed by atoms with Crippen LogP contribution in [0.4, 0.5) is 38.1 Å². The second kappa shape index (κ2) is 13.8. The molecule has 0 saturated carbocycles. The van der Waals surface area contributed by atoms with Crippen LogP contribution in [0.5, 0.6) is 0 Å². The van der Waals surface area contributed by atoms with Gasteiger partial charge in [0.15, 0.2) is 5.82 Å². The number of alkyl halides is 6. The van der Waals surface area contributed by atoms with E-state index in [1.807, 2.05) is 11.8 Å². The number of anilines is 2. The highest BCUT2D eigenvalue weighted by molar-refractivity contribution is 6.33. The molecule has 16 heteroatoms. The van der Waals surface area contributed by atoms with Crippen molar-refractivity contribution in [1.82, 2.24) is 19.9 Å². The van der Waals surface area contributed by atoms with E-state index in [1.165, 1.54) is 6.20 Å². The average Bonchev–Trinajstić information content (AvgIpc) is 3.32. The number of carbonyl (C=O) groups is 1. The van der Waals surface area contributed by atoms with Crippen LogP contribution in [0.25, 0.3) is 0 Å². The zero-order chi connectivity index (χ0) is 33.2. The van der Waals surface area contributed by atoms with Crippen LogP contribution in [-0.4, -0.2) is 51.1 Å². The fourth-order valence-corrected chi connectivity index (χ4v) is 6.32. The summed E-state index contributed by atoms with van der Waals surface area (Å²) in [5, 5.41) is 0.218. The van der Waals surface area contributed by atoms with Gasteiger partial charge in [0.2, 0.25) is 11.2 Å². The molecular weight excluding hydrogens is 661 g/mol. The Morgan fingerprint density at radius 3 is 2.26 bits per heavy atom. The van der Waals surface area contributed by atoms with Gasteiger partial charge in [-0.05, 0) is 78.9 Å². The maximum atomic E-state index is 13.7. The zero-order valence-corrected chi connectivity index (χ0v) is 26.1. The topological polar surface area (TPSA) is 84.3 Å². The number of ether oxygens (including phenoxy) is 1. The summed E-state index contributed by atoms with van der Waals surface area (Å²) in [5.41, 5.74) is -2.22. The van der Waals surface area contributed by atoms with E-state index in [-0.39, 0.29) is 58.9 Å². The van der Waals surface area contributed by atoms with Crippen LogP contribution in [0.2, 0.25) is 10.3 Å². The third-order valence-electron chi connectivity index (χ3n) is 8.29. The minimum absolute atomic E-state index is 0.0262. The molecule has 0 amide bonds. The molecule has 0 radical (unpaired) electrons. The number of hydrogen-bond donors (Lipinski definition) is 0. The molecule has 2 aliphatic rings. The molecule has 248 valence electrons. The summed E-state index contributed by atoms with van der Waals surface area (Å²) < 4.78 is 87.4.